The van der Waals surface area contributed by atoms with E-state index in [1.165, 1.54) is 11.3 Å². The fourth-order valence-electron chi connectivity index (χ4n) is 3.08. The van der Waals surface area contributed by atoms with Crippen LogP contribution in [0, 0.1) is 0 Å². The maximum Gasteiger partial charge on any atom is 0.252 e. The van der Waals surface area contributed by atoms with E-state index in [0.29, 0.717) is 5.01 Å². The number of para-hydroxylation sites is 1. The van der Waals surface area contributed by atoms with Crippen molar-refractivity contribution in [3.05, 3.63) is 95.3 Å². The Hall–Kier alpha value is -3.13. The largest absolute Gasteiger partial charge is 0.383 e. The molecule has 29 heavy (non-hydrogen) atoms. The topological polar surface area (TPSA) is 95.3 Å². The number of benzene rings is 2. The van der Waals surface area contributed by atoms with E-state index in [4.69, 9.17) is 0 Å². The number of nitrogens with one attached hydrogen (secondary N) is 1. The molecule has 4 aromatic rings. The van der Waals surface area contributed by atoms with Crippen LogP contribution < -0.4 is 5.32 Å². The van der Waals surface area contributed by atoms with Crippen LogP contribution in [0.15, 0.2) is 79.1 Å². The van der Waals surface area contributed by atoms with E-state index < -0.39 is 24.2 Å². The SMILES string of the molecule is O=C(NC(c1ccccc1)c1ccncc1)C(O)C(O)c1nc2ccccc2s1. The van der Waals surface area contributed by atoms with Gasteiger partial charge in [-0.25, -0.2) is 4.98 Å². The number of pyridine rings is 1. The van der Waals surface area contributed by atoms with Gasteiger partial charge < -0.3 is 15.5 Å². The molecule has 2 aromatic carbocycles. The molecule has 0 aliphatic rings. The number of hydrogen-bond acceptors (Lipinski definition) is 6. The van der Waals surface area contributed by atoms with Crippen LogP contribution in [0.25, 0.3) is 10.2 Å². The second-order valence-electron chi connectivity index (χ2n) is 6.54. The molecule has 0 spiro atoms. The van der Waals surface area contributed by atoms with Crippen molar-refractivity contribution in [1.29, 1.82) is 0 Å². The second-order valence-corrected chi connectivity index (χ2v) is 7.60. The molecular formula is C22H19N3O3S. The van der Waals surface area contributed by atoms with Crippen LogP contribution in [-0.2, 0) is 4.79 Å². The van der Waals surface area contributed by atoms with Gasteiger partial charge in [-0.05, 0) is 35.4 Å². The lowest BCUT2D eigenvalue weighted by Crippen LogP contribution is -2.40. The first kappa shape index (κ1) is 19.2. The number of thiazole rings is 1. The molecule has 1 amide bonds. The van der Waals surface area contributed by atoms with Gasteiger partial charge in [0.05, 0.1) is 16.3 Å². The van der Waals surface area contributed by atoms with Gasteiger partial charge in [0.2, 0.25) is 0 Å². The Morgan fingerprint density at radius 2 is 1.55 bits per heavy atom. The molecule has 0 aliphatic heterocycles. The Balaban J connectivity index is 1.56. The molecule has 0 saturated heterocycles. The molecule has 6 nitrogen and oxygen atoms in total. The van der Waals surface area contributed by atoms with Crippen molar-refractivity contribution in [2.75, 3.05) is 0 Å². The van der Waals surface area contributed by atoms with E-state index in [9.17, 15) is 15.0 Å². The van der Waals surface area contributed by atoms with Crippen LogP contribution in [0.2, 0.25) is 0 Å². The Kier molecular flexibility index (Phi) is 5.62. The summed E-state index contributed by atoms with van der Waals surface area (Å²) in [5.74, 6) is -0.678. The van der Waals surface area contributed by atoms with Crippen LogP contribution in [-0.4, -0.2) is 32.2 Å². The Morgan fingerprint density at radius 3 is 2.28 bits per heavy atom. The fourth-order valence-corrected chi connectivity index (χ4v) is 4.07. The third kappa shape index (κ3) is 4.17. The molecule has 0 aliphatic carbocycles. The number of carbonyl (C=O) groups is 1. The smallest absolute Gasteiger partial charge is 0.252 e. The van der Waals surface area contributed by atoms with Crippen molar-refractivity contribution >= 4 is 27.5 Å². The first-order valence-corrected chi connectivity index (χ1v) is 9.92. The normalized spacial score (nSPS) is 14.3. The minimum atomic E-state index is -1.65. The van der Waals surface area contributed by atoms with Gasteiger partial charge in [0.15, 0.2) is 6.10 Å². The lowest BCUT2D eigenvalue weighted by Gasteiger charge is -2.23. The van der Waals surface area contributed by atoms with E-state index in [0.717, 1.165) is 21.3 Å². The van der Waals surface area contributed by atoms with Crippen molar-refractivity contribution < 1.29 is 15.0 Å². The van der Waals surface area contributed by atoms with Crippen molar-refractivity contribution in [2.45, 2.75) is 18.2 Å². The summed E-state index contributed by atoms with van der Waals surface area (Å²) in [5.41, 5.74) is 2.40. The maximum atomic E-state index is 12.8. The standard InChI is InChI=1S/C22H19N3O3S/c26-19(20(27)22-24-16-8-4-5-9-17(16)29-22)21(28)25-18(14-6-2-1-3-7-14)15-10-12-23-13-11-15/h1-13,18-20,26-27H,(H,25,28). The second kappa shape index (κ2) is 8.48. The molecule has 3 atom stereocenters. The number of carbonyl (C=O) groups excluding carboxylic acids is 1. The van der Waals surface area contributed by atoms with Crippen molar-refractivity contribution in [3.8, 4) is 0 Å². The van der Waals surface area contributed by atoms with Gasteiger partial charge in [0, 0.05) is 12.4 Å². The van der Waals surface area contributed by atoms with Crippen LogP contribution >= 0.6 is 11.3 Å². The number of amides is 1. The summed E-state index contributed by atoms with van der Waals surface area (Å²) in [6, 6.07) is 20.0. The van der Waals surface area contributed by atoms with E-state index in [2.05, 4.69) is 15.3 Å². The summed E-state index contributed by atoms with van der Waals surface area (Å²) in [6.45, 7) is 0. The number of fused-ring (bicyclic) bond motifs is 1. The van der Waals surface area contributed by atoms with E-state index in [1.54, 1.807) is 24.5 Å². The van der Waals surface area contributed by atoms with Crippen molar-refractivity contribution in [2.24, 2.45) is 0 Å². The number of aromatic nitrogens is 2. The zero-order valence-electron chi connectivity index (χ0n) is 15.3. The average Bonchev–Trinajstić information content (AvgIpc) is 3.22. The van der Waals surface area contributed by atoms with Gasteiger partial charge in [0.25, 0.3) is 5.91 Å². The third-order valence-corrected chi connectivity index (χ3v) is 5.70. The van der Waals surface area contributed by atoms with Gasteiger partial charge in [-0.1, -0.05) is 42.5 Å². The van der Waals surface area contributed by atoms with Gasteiger partial charge in [-0.15, -0.1) is 11.3 Å². The van der Waals surface area contributed by atoms with E-state index in [-0.39, 0.29) is 0 Å². The van der Waals surface area contributed by atoms with Crippen molar-refractivity contribution in [3.63, 3.8) is 0 Å². The van der Waals surface area contributed by atoms with E-state index in [1.807, 2.05) is 54.6 Å². The van der Waals surface area contributed by atoms with Gasteiger partial charge in [-0.2, -0.15) is 0 Å². The zero-order chi connectivity index (χ0) is 20.2. The van der Waals surface area contributed by atoms with Crippen LogP contribution in [0.1, 0.15) is 28.3 Å². The predicted octanol–water partition coefficient (Wildman–Crippen LogP) is 2.99. The highest BCUT2D eigenvalue weighted by molar-refractivity contribution is 7.18. The monoisotopic (exact) mass is 405 g/mol. The third-order valence-electron chi connectivity index (χ3n) is 4.59. The quantitative estimate of drug-likeness (QED) is 0.458. The molecule has 0 radical (unpaired) electrons. The summed E-state index contributed by atoms with van der Waals surface area (Å²) in [5, 5.41) is 24.2. The number of aliphatic hydroxyl groups is 2. The molecule has 2 heterocycles. The molecule has 4 rings (SSSR count). The Labute approximate surface area is 171 Å². The highest BCUT2D eigenvalue weighted by atomic mass is 32.1. The van der Waals surface area contributed by atoms with Gasteiger partial charge in [-0.3, -0.25) is 9.78 Å². The summed E-state index contributed by atoms with van der Waals surface area (Å²) < 4.78 is 0.883. The lowest BCUT2D eigenvalue weighted by atomic mass is 9.99. The number of hydrogen-bond donors (Lipinski definition) is 3. The minimum Gasteiger partial charge on any atom is -0.383 e. The molecule has 146 valence electrons. The number of nitrogens with zero attached hydrogens (tertiary/aromatic N) is 2. The summed E-state index contributed by atoms with van der Waals surface area (Å²) >= 11 is 1.25. The van der Waals surface area contributed by atoms with Crippen LogP contribution in [0.4, 0.5) is 0 Å². The Morgan fingerprint density at radius 1 is 0.897 bits per heavy atom. The molecule has 2 aromatic heterocycles. The Bertz CT molecular complexity index is 1030. The minimum absolute atomic E-state index is 0.300. The van der Waals surface area contributed by atoms with Gasteiger partial charge in [0.1, 0.15) is 11.1 Å². The zero-order valence-corrected chi connectivity index (χ0v) is 16.2. The number of rotatable bonds is 6. The molecule has 3 unspecified atom stereocenters. The summed E-state index contributed by atoms with van der Waals surface area (Å²) in [7, 11) is 0. The molecule has 0 fully saturated rings. The average molecular weight is 405 g/mol. The highest BCUT2D eigenvalue weighted by Crippen LogP contribution is 2.29. The van der Waals surface area contributed by atoms with Crippen molar-refractivity contribution in [1.82, 2.24) is 15.3 Å². The molecule has 0 saturated carbocycles. The predicted molar refractivity (Wildman–Crippen MR) is 111 cm³/mol. The van der Waals surface area contributed by atoms with Crippen LogP contribution in [0.3, 0.4) is 0 Å². The summed E-state index contributed by atoms with van der Waals surface area (Å²) in [4.78, 5) is 21.1. The highest BCUT2D eigenvalue weighted by Gasteiger charge is 2.30. The van der Waals surface area contributed by atoms with Gasteiger partial charge >= 0.3 is 0 Å². The molecule has 3 N–H and O–H groups in total. The summed E-state index contributed by atoms with van der Waals surface area (Å²) in [6.07, 6.45) is 0.220. The fraction of sp³-hybridized carbons (Fsp3) is 0.136. The number of aliphatic hydroxyl groups excluding tert-OH is 2. The van der Waals surface area contributed by atoms with Crippen LogP contribution in [0.5, 0.6) is 0 Å². The molecule has 0 bridgehead atoms. The molecular weight excluding hydrogens is 386 g/mol. The first-order valence-electron chi connectivity index (χ1n) is 9.10. The lowest BCUT2D eigenvalue weighted by molar-refractivity contribution is -0.136. The maximum absolute atomic E-state index is 12.8. The molecule has 7 heteroatoms. The first-order chi connectivity index (χ1) is 14.1. The van der Waals surface area contributed by atoms with E-state index >= 15 is 0 Å².